The summed E-state index contributed by atoms with van der Waals surface area (Å²) >= 11 is 0. The van der Waals surface area contributed by atoms with Crippen molar-refractivity contribution < 1.29 is 19.1 Å². The average Bonchev–Trinajstić information content (AvgIpc) is 2.24. The number of hydrogen-bond acceptors (Lipinski definition) is 5. The van der Waals surface area contributed by atoms with E-state index >= 15 is 0 Å². The van der Waals surface area contributed by atoms with E-state index in [9.17, 15) is 9.59 Å². The Morgan fingerprint density at radius 1 is 1.12 bits per heavy atom. The maximum atomic E-state index is 11.6. The van der Waals surface area contributed by atoms with Gasteiger partial charge in [0.2, 0.25) is 0 Å². The maximum Gasteiger partial charge on any atom is 0.323 e. The van der Waals surface area contributed by atoms with Crippen LogP contribution in [0.15, 0.2) is 0 Å². The standard InChI is InChI=1S/C12H23NO4/c1-5-16-11(14)7-10(12(15)17-6-2)13-8-9(3)4/h9-10,13H,5-8H2,1-4H3. The van der Waals surface area contributed by atoms with Gasteiger partial charge >= 0.3 is 11.9 Å². The summed E-state index contributed by atoms with van der Waals surface area (Å²) in [7, 11) is 0. The van der Waals surface area contributed by atoms with Crippen LogP contribution in [0.2, 0.25) is 0 Å². The third-order valence-corrected chi connectivity index (χ3v) is 2.02. The molecular formula is C12H23NO4. The average molecular weight is 245 g/mol. The van der Waals surface area contributed by atoms with Crippen molar-refractivity contribution in [2.24, 2.45) is 5.92 Å². The topological polar surface area (TPSA) is 64.6 Å². The first-order chi connectivity index (χ1) is 8.01. The quantitative estimate of drug-likeness (QED) is 0.649. The van der Waals surface area contributed by atoms with E-state index in [1.165, 1.54) is 0 Å². The summed E-state index contributed by atoms with van der Waals surface area (Å²) in [5.41, 5.74) is 0. The van der Waals surface area contributed by atoms with Crippen LogP contribution in [-0.4, -0.2) is 37.7 Å². The van der Waals surface area contributed by atoms with Gasteiger partial charge in [-0.1, -0.05) is 13.8 Å². The lowest BCUT2D eigenvalue weighted by Crippen LogP contribution is -2.41. The lowest BCUT2D eigenvalue weighted by Gasteiger charge is -2.17. The van der Waals surface area contributed by atoms with Crippen molar-refractivity contribution >= 4 is 11.9 Å². The van der Waals surface area contributed by atoms with E-state index in [1.807, 2.05) is 13.8 Å². The summed E-state index contributed by atoms with van der Waals surface area (Å²) < 4.78 is 9.73. The normalized spacial score (nSPS) is 12.3. The van der Waals surface area contributed by atoms with Crippen molar-refractivity contribution in [1.29, 1.82) is 0 Å². The number of nitrogens with one attached hydrogen (secondary N) is 1. The molecule has 0 amide bonds. The largest absolute Gasteiger partial charge is 0.466 e. The summed E-state index contributed by atoms with van der Waals surface area (Å²) in [6.45, 7) is 8.81. The summed E-state index contributed by atoms with van der Waals surface area (Å²) in [6, 6.07) is -0.614. The molecule has 1 unspecified atom stereocenters. The number of carbonyl (C=O) groups excluding carboxylic acids is 2. The minimum atomic E-state index is -0.614. The van der Waals surface area contributed by atoms with Gasteiger partial charge in [0.15, 0.2) is 0 Å². The fraction of sp³-hybridized carbons (Fsp3) is 0.833. The number of ether oxygens (including phenoxy) is 2. The Bertz CT molecular complexity index is 241. The maximum absolute atomic E-state index is 11.6. The Labute approximate surface area is 103 Å². The second kappa shape index (κ2) is 8.98. The Kier molecular flexibility index (Phi) is 8.40. The molecule has 0 aromatic rings. The van der Waals surface area contributed by atoms with E-state index in [-0.39, 0.29) is 12.4 Å². The zero-order valence-corrected chi connectivity index (χ0v) is 11.1. The third kappa shape index (κ3) is 7.74. The van der Waals surface area contributed by atoms with Crippen molar-refractivity contribution in [1.82, 2.24) is 5.32 Å². The van der Waals surface area contributed by atoms with Crippen LogP contribution in [0.5, 0.6) is 0 Å². The van der Waals surface area contributed by atoms with Crippen molar-refractivity contribution in [3.8, 4) is 0 Å². The molecule has 0 saturated carbocycles. The second-order valence-corrected chi connectivity index (χ2v) is 4.12. The number of rotatable bonds is 8. The Morgan fingerprint density at radius 3 is 2.18 bits per heavy atom. The highest BCUT2D eigenvalue weighted by Gasteiger charge is 2.23. The first kappa shape index (κ1) is 15.9. The molecule has 0 aromatic carbocycles. The summed E-state index contributed by atoms with van der Waals surface area (Å²) in [6.07, 6.45) is 0.0133. The SMILES string of the molecule is CCOC(=O)CC(NCC(C)C)C(=O)OCC. The molecule has 1 atom stereocenters. The molecule has 17 heavy (non-hydrogen) atoms. The third-order valence-electron chi connectivity index (χ3n) is 2.02. The van der Waals surface area contributed by atoms with E-state index in [2.05, 4.69) is 5.32 Å². The van der Waals surface area contributed by atoms with Gasteiger partial charge in [0.05, 0.1) is 19.6 Å². The van der Waals surface area contributed by atoms with E-state index in [1.54, 1.807) is 13.8 Å². The zero-order chi connectivity index (χ0) is 13.3. The number of hydrogen-bond donors (Lipinski definition) is 1. The van der Waals surface area contributed by atoms with Crippen LogP contribution in [0.3, 0.4) is 0 Å². The van der Waals surface area contributed by atoms with Gasteiger partial charge in [-0.15, -0.1) is 0 Å². The highest BCUT2D eigenvalue weighted by molar-refractivity contribution is 5.82. The highest BCUT2D eigenvalue weighted by Crippen LogP contribution is 2.00. The van der Waals surface area contributed by atoms with Crippen LogP contribution in [0.1, 0.15) is 34.1 Å². The van der Waals surface area contributed by atoms with Crippen LogP contribution < -0.4 is 5.32 Å². The van der Waals surface area contributed by atoms with E-state index in [0.29, 0.717) is 25.7 Å². The van der Waals surface area contributed by atoms with Gasteiger partial charge in [-0.25, -0.2) is 0 Å². The Hall–Kier alpha value is -1.10. The summed E-state index contributed by atoms with van der Waals surface area (Å²) in [4.78, 5) is 22.9. The van der Waals surface area contributed by atoms with Crippen molar-refractivity contribution in [2.75, 3.05) is 19.8 Å². The van der Waals surface area contributed by atoms with Crippen LogP contribution in [0.25, 0.3) is 0 Å². The zero-order valence-electron chi connectivity index (χ0n) is 11.1. The minimum absolute atomic E-state index is 0.0133. The first-order valence-electron chi connectivity index (χ1n) is 6.06. The fourth-order valence-corrected chi connectivity index (χ4v) is 1.25. The number of carbonyl (C=O) groups is 2. The molecule has 0 aliphatic carbocycles. The monoisotopic (exact) mass is 245 g/mol. The van der Waals surface area contributed by atoms with Crippen molar-refractivity contribution in [3.63, 3.8) is 0 Å². The molecule has 100 valence electrons. The first-order valence-corrected chi connectivity index (χ1v) is 6.06. The number of esters is 2. The van der Waals surface area contributed by atoms with Gasteiger partial charge in [0.25, 0.3) is 0 Å². The van der Waals surface area contributed by atoms with E-state index in [4.69, 9.17) is 9.47 Å². The van der Waals surface area contributed by atoms with Gasteiger partial charge in [-0.05, 0) is 26.3 Å². The molecule has 0 aromatic heterocycles. The minimum Gasteiger partial charge on any atom is -0.466 e. The smallest absolute Gasteiger partial charge is 0.323 e. The van der Waals surface area contributed by atoms with Crippen LogP contribution in [0.4, 0.5) is 0 Å². The van der Waals surface area contributed by atoms with Crippen molar-refractivity contribution in [3.05, 3.63) is 0 Å². The fourth-order valence-electron chi connectivity index (χ4n) is 1.25. The van der Waals surface area contributed by atoms with E-state index < -0.39 is 12.0 Å². The lowest BCUT2D eigenvalue weighted by atomic mass is 10.1. The predicted octanol–water partition coefficient (Wildman–Crippen LogP) is 1.12. The molecule has 0 radical (unpaired) electrons. The molecule has 5 nitrogen and oxygen atoms in total. The molecule has 0 saturated heterocycles. The van der Waals surface area contributed by atoms with Gasteiger partial charge in [0.1, 0.15) is 6.04 Å². The van der Waals surface area contributed by atoms with Crippen molar-refractivity contribution in [2.45, 2.75) is 40.2 Å². The predicted molar refractivity (Wildman–Crippen MR) is 64.5 cm³/mol. The Balaban J connectivity index is 4.28. The molecule has 0 spiro atoms. The summed E-state index contributed by atoms with van der Waals surface area (Å²) in [5.74, 6) is -0.392. The van der Waals surface area contributed by atoms with Gasteiger partial charge in [-0.2, -0.15) is 0 Å². The van der Waals surface area contributed by atoms with E-state index in [0.717, 1.165) is 0 Å². The second-order valence-electron chi connectivity index (χ2n) is 4.12. The van der Waals surface area contributed by atoms with Crippen LogP contribution >= 0.6 is 0 Å². The van der Waals surface area contributed by atoms with Gasteiger partial charge in [0, 0.05) is 0 Å². The van der Waals surface area contributed by atoms with Crippen LogP contribution in [-0.2, 0) is 19.1 Å². The van der Waals surface area contributed by atoms with Crippen LogP contribution in [0, 0.1) is 5.92 Å². The molecule has 0 fully saturated rings. The molecule has 0 bridgehead atoms. The molecule has 1 N–H and O–H groups in total. The molecule has 0 aliphatic rings. The van der Waals surface area contributed by atoms with Gasteiger partial charge < -0.3 is 14.8 Å². The highest BCUT2D eigenvalue weighted by atomic mass is 16.5. The molecular weight excluding hydrogens is 222 g/mol. The Morgan fingerprint density at radius 2 is 1.71 bits per heavy atom. The molecule has 0 rings (SSSR count). The van der Waals surface area contributed by atoms with Gasteiger partial charge in [-0.3, -0.25) is 9.59 Å². The lowest BCUT2D eigenvalue weighted by molar-refractivity contribution is -0.152. The molecule has 0 aliphatic heterocycles. The molecule has 0 heterocycles. The summed E-state index contributed by atoms with van der Waals surface area (Å²) in [5, 5.41) is 3.02. The molecule has 5 heteroatoms.